The van der Waals surface area contributed by atoms with E-state index in [1.807, 2.05) is 34.2 Å². The van der Waals surface area contributed by atoms with Gasteiger partial charge in [0.25, 0.3) is 0 Å². The Hall–Kier alpha value is -1.58. The Balaban J connectivity index is 1.72. The highest BCUT2D eigenvalue weighted by atomic mass is 79.9. The van der Waals surface area contributed by atoms with Gasteiger partial charge in [-0.15, -0.1) is 6.58 Å². The second kappa shape index (κ2) is 13.7. The summed E-state index contributed by atoms with van der Waals surface area (Å²) >= 11 is 15.8. The van der Waals surface area contributed by atoms with Crippen molar-refractivity contribution in [1.82, 2.24) is 19.4 Å². The number of halogens is 3. The van der Waals surface area contributed by atoms with Gasteiger partial charge in [0.1, 0.15) is 22.6 Å². The van der Waals surface area contributed by atoms with Crippen LogP contribution < -0.4 is 10.6 Å². The first-order chi connectivity index (χ1) is 16.8. The maximum Gasteiger partial charge on any atom is 0.145 e. The Kier molecular flexibility index (Phi) is 10.9. The lowest BCUT2D eigenvalue weighted by molar-refractivity contribution is 0.275. The van der Waals surface area contributed by atoms with E-state index in [1.165, 1.54) is 0 Å². The normalized spacial score (nSPS) is 18.6. The van der Waals surface area contributed by atoms with Crippen LogP contribution in [0.15, 0.2) is 70.2 Å². The molecule has 0 radical (unpaired) electrons. The number of piperidine rings is 1. The van der Waals surface area contributed by atoms with Crippen LogP contribution in [0.4, 0.5) is 5.82 Å². The molecule has 1 aromatic carbocycles. The van der Waals surface area contributed by atoms with Gasteiger partial charge in [0.05, 0.1) is 15.6 Å². The average molecular weight is 601 g/mol. The minimum absolute atomic E-state index is 0.0926. The highest BCUT2D eigenvalue weighted by molar-refractivity contribution is 9.10. The van der Waals surface area contributed by atoms with Gasteiger partial charge in [-0.25, -0.2) is 13.2 Å². The Labute approximate surface area is 229 Å². The number of anilines is 1. The van der Waals surface area contributed by atoms with E-state index in [4.69, 9.17) is 23.2 Å². The van der Waals surface area contributed by atoms with Crippen LogP contribution in [0.2, 0.25) is 5.02 Å². The van der Waals surface area contributed by atoms with Crippen LogP contribution >= 0.6 is 39.1 Å². The number of aromatic nitrogens is 2. The van der Waals surface area contributed by atoms with E-state index in [0.717, 1.165) is 59.9 Å². The second-order valence-corrected chi connectivity index (χ2v) is 11.7. The summed E-state index contributed by atoms with van der Waals surface area (Å²) in [7, 11) is 0.660. The predicted molar refractivity (Wildman–Crippen MR) is 152 cm³/mol. The van der Waals surface area contributed by atoms with E-state index in [1.54, 1.807) is 18.3 Å². The topological polar surface area (TPSA) is 62.2 Å². The Morgan fingerprint density at radius 3 is 2.77 bits per heavy atom. The molecule has 0 aliphatic carbocycles. The fraction of sp³-hybridized carbons (Fsp3) is 0.400. The maximum absolute atomic E-state index is 13.1. The number of nitrogens with one attached hydrogen (secondary N) is 2. The molecule has 3 unspecified atom stereocenters. The first-order valence-corrected chi connectivity index (χ1v) is 14.2. The lowest BCUT2D eigenvalue weighted by Crippen LogP contribution is -2.40. The summed E-state index contributed by atoms with van der Waals surface area (Å²) in [6.07, 6.45) is 9.24. The molecule has 1 aliphatic rings. The Bertz CT molecular complexity index is 1070. The first kappa shape index (κ1) is 28.0. The van der Waals surface area contributed by atoms with Gasteiger partial charge >= 0.3 is 0 Å². The summed E-state index contributed by atoms with van der Waals surface area (Å²) in [6.45, 7) is 10.0. The standard InChI is InChI=1S/C25H32BrCl2N5OS/c1-4-6-20(18(2)27)8-13-24(33-25(29-3)23(26)16-31-33)30-15-19-7-5-14-32(17-19)35(34)22-11-9-21(28)10-12-22/h4,9-13,16,19-20,29-30H,1-2,5-8,14-15,17H2,3H3/b24-13-. The van der Waals surface area contributed by atoms with Gasteiger partial charge in [-0.1, -0.05) is 35.9 Å². The molecule has 2 N–H and O–H groups in total. The van der Waals surface area contributed by atoms with Gasteiger partial charge in [0, 0.05) is 42.7 Å². The molecule has 0 saturated carbocycles. The molecule has 0 amide bonds. The number of hydrogen-bond acceptors (Lipinski definition) is 4. The molecule has 0 bridgehead atoms. The summed E-state index contributed by atoms with van der Waals surface area (Å²) < 4.78 is 17.9. The van der Waals surface area contributed by atoms with Crippen LogP contribution in [0.5, 0.6) is 0 Å². The van der Waals surface area contributed by atoms with Crippen LogP contribution in [0.1, 0.15) is 25.7 Å². The number of nitrogens with zero attached hydrogens (tertiary/aromatic N) is 3. The third-order valence-electron chi connectivity index (χ3n) is 5.98. The van der Waals surface area contributed by atoms with Crippen molar-refractivity contribution in [1.29, 1.82) is 0 Å². The zero-order valence-electron chi connectivity index (χ0n) is 19.9. The molecule has 1 aromatic heterocycles. The smallest absolute Gasteiger partial charge is 0.145 e. The van der Waals surface area contributed by atoms with E-state index in [-0.39, 0.29) is 5.92 Å². The van der Waals surface area contributed by atoms with Crippen LogP contribution in [-0.2, 0) is 11.0 Å². The van der Waals surface area contributed by atoms with Crippen LogP contribution in [0.3, 0.4) is 0 Å². The second-order valence-electron chi connectivity index (χ2n) is 8.48. The lowest BCUT2D eigenvalue weighted by atomic mass is 9.99. The van der Waals surface area contributed by atoms with Gasteiger partial charge in [-0.3, -0.25) is 0 Å². The van der Waals surface area contributed by atoms with Crippen LogP contribution in [0.25, 0.3) is 5.82 Å². The Morgan fingerprint density at radius 2 is 2.11 bits per heavy atom. The van der Waals surface area contributed by atoms with E-state index in [9.17, 15) is 4.21 Å². The molecule has 1 saturated heterocycles. The zero-order valence-corrected chi connectivity index (χ0v) is 23.8. The lowest BCUT2D eigenvalue weighted by Gasteiger charge is -2.32. The third-order valence-corrected chi connectivity index (χ3v) is 8.60. The number of benzene rings is 1. The first-order valence-electron chi connectivity index (χ1n) is 11.6. The van der Waals surface area contributed by atoms with Crippen molar-refractivity contribution in [2.24, 2.45) is 11.8 Å². The van der Waals surface area contributed by atoms with Crippen molar-refractivity contribution in [3.63, 3.8) is 0 Å². The van der Waals surface area contributed by atoms with E-state index in [0.29, 0.717) is 22.4 Å². The van der Waals surface area contributed by atoms with Crippen LogP contribution in [-0.4, -0.2) is 45.0 Å². The zero-order chi connectivity index (χ0) is 25.4. The molecule has 3 atom stereocenters. The molecule has 2 heterocycles. The number of rotatable bonds is 12. The molecule has 6 nitrogen and oxygen atoms in total. The highest BCUT2D eigenvalue weighted by Crippen LogP contribution is 2.27. The van der Waals surface area contributed by atoms with E-state index < -0.39 is 11.0 Å². The van der Waals surface area contributed by atoms with Gasteiger partial charge in [-0.2, -0.15) is 5.10 Å². The minimum atomic E-state index is -1.20. The molecular weight excluding hydrogens is 569 g/mol. The molecule has 10 heteroatoms. The fourth-order valence-corrected chi connectivity index (χ4v) is 6.14. The summed E-state index contributed by atoms with van der Waals surface area (Å²) in [6, 6.07) is 7.23. The van der Waals surface area contributed by atoms with Gasteiger partial charge in [0.2, 0.25) is 0 Å². The quantitative estimate of drug-likeness (QED) is 0.273. The van der Waals surface area contributed by atoms with E-state index >= 15 is 0 Å². The van der Waals surface area contributed by atoms with Crippen molar-refractivity contribution in [2.45, 2.75) is 30.6 Å². The summed E-state index contributed by atoms with van der Waals surface area (Å²) in [5, 5.41) is 12.6. The monoisotopic (exact) mass is 599 g/mol. The number of hydrogen-bond donors (Lipinski definition) is 2. The summed E-state index contributed by atoms with van der Waals surface area (Å²) in [5.74, 6) is 2.15. The third kappa shape index (κ3) is 7.70. The van der Waals surface area contributed by atoms with Crippen LogP contribution in [0, 0.1) is 11.8 Å². The van der Waals surface area contributed by atoms with Gasteiger partial charge < -0.3 is 10.6 Å². The summed E-state index contributed by atoms with van der Waals surface area (Å²) in [4.78, 5) is 0.776. The highest BCUT2D eigenvalue weighted by Gasteiger charge is 2.25. The minimum Gasteiger partial charge on any atom is -0.372 e. The van der Waals surface area contributed by atoms with Crippen molar-refractivity contribution in [3.05, 3.63) is 70.3 Å². The largest absolute Gasteiger partial charge is 0.372 e. The fourth-order valence-electron chi connectivity index (χ4n) is 4.07. The molecule has 0 spiro atoms. The predicted octanol–water partition coefficient (Wildman–Crippen LogP) is 6.50. The molecule has 1 fully saturated rings. The molecule has 35 heavy (non-hydrogen) atoms. The molecule has 3 rings (SSSR count). The maximum atomic E-state index is 13.1. The van der Waals surface area contributed by atoms with Crippen molar-refractivity contribution < 1.29 is 4.21 Å². The van der Waals surface area contributed by atoms with Crippen molar-refractivity contribution >= 4 is 61.8 Å². The molecule has 1 aliphatic heterocycles. The SMILES string of the molecule is C=CCC(C/C=C(/NCC1CCCN(S(=O)c2ccc(Cl)cc2)C1)n1ncc(Br)c1NC)C(=C)Cl. The average Bonchev–Trinajstić information content (AvgIpc) is 3.23. The molecular formula is C25H32BrCl2N5OS. The van der Waals surface area contributed by atoms with Gasteiger partial charge in [0.15, 0.2) is 0 Å². The van der Waals surface area contributed by atoms with Crippen molar-refractivity contribution in [2.75, 3.05) is 32.0 Å². The summed E-state index contributed by atoms with van der Waals surface area (Å²) in [5.41, 5.74) is 0. The Morgan fingerprint density at radius 1 is 1.37 bits per heavy atom. The number of allylic oxidation sites excluding steroid dienone is 3. The molecule has 2 aromatic rings. The van der Waals surface area contributed by atoms with Crippen molar-refractivity contribution in [3.8, 4) is 0 Å². The van der Waals surface area contributed by atoms with E-state index in [2.05, 4.69) is 50.9 Å². The van der Waals surface area contributed by atoms with Gasteiger partial charge in [-0.05, 0) is 77.9 Å². The molecule has 190 valence electrons.